The van der Waals surface area contributed by atoms with E-state index in [-0.39, 0.29) is 13.4 Å². The predicted molar refractivity (Wildman–Crippen MR) is 163 cm³/mol. The summed E-state index contributed by atoms with van der Waals surface area (Å²) in [7, 11) is 6.48. The van der Waals surface area contributed by atoms with Crippen LogP contribution in [0, 0.1) is 0 Å². The van der Waals surface area contributed by atoms with Crippen molar-refractivity contribution in [3.63, 3.8) is 0 Å². The highest BCUT2D eigenvalue weighted by molar-refractivity contribution is 5.77. The number of urea groups is 1. The summed E-state index contributed by atoms with van der Waals surface area (Å²) in [5.74, 6) is 3.07. The first kappa shape index (κ1) is 31.6. The lowest BCUT2D eigenvalue weighted by Crippen LogP contribution is -2.47. The third kappa shape index (κ3) is 8.07. The number of hydrogen-bond donors (Lipinski definition) is 2. The second kappa shape index (κ2) is 15.8. The van der Waals surface area contributed by atoms with Gasteiger partial charge in [0.2, 0.25) is 6.41 Å². The summed E-state index contributed by atoms with van der Waals surface area (Å²) in [6.07, 6.45) is 5.56. The molecule has 0 spiro atoms. The molecular formula is C31H46N4O6. The molecule has 10 nitrogen and oxygen atoms in total. The maximum absolute atomic E-state index is 13.3. The first-order valence-corrected chi connectivity index (χ1v) is 14.0. The third-order valence-electron chi connectivity index (χ3n) is 7.36. The highest BCUT2D eigenvalue weighted by Crippen LogP contribution is 2.38. The van der Waals surface area contributed by atoms with Gasteiger partial charge in [0.15, 0.2) is 0 Å². The van der Waals surface area contributed by atoms with Gasteiger partial charge in [-0.25, -0.2) is 4.79 Å². The molecule has 0 bridgehead atoms. The van der Waals surface area contributed by atoms with E-state index in [0.717, 1.165) is 62.6 Å². The van der Waals surface area contributed by atoms with E-state index in [4.69, 9.17) is 18.9 Å². The monoisotopic (exact) mass is 570 g/mol. The second-order valence-electron chi connectivity index (χ2n) is 9.79. The number of nitrogens with zero attached hydrogens (tertiary/aromatic N) is 2. The van der Waals surface area contributed by atoms with E-state index < -0.39 is 0 Å². The number of ether oxygens (including phenoxy) is 4. The molecule has 10 heteroatoms. The number of amides is 3. The van der Waals surface area contributed by atoms with E-state index in [1.54, 1.807) is 39.5 Å². The first-order chi connectivity index (χ1) is 19.9. The van der Waals surface area contributed by atoms with Crippen molar-refractivity contribution in [3.8, 4) is 23.0 Å². The van der Waals surface area contributed by atoms with Crippen molar-refractivity contribution in [2.24, 2.45) is 0 Å². The van der Waals surface area contributed by atoms with Crippen LogP contribution in [0.5, 0.6) is 23.0 Å². The summed E-state index contributed by atoms with van der Waals surface area (Å²) in [5.41, 5.74) is 4.14. The van der Waals surface area contributed by atoms with Crippen LogP contribution in [-0.2, 0) is 11.2 Å². The van der Waals surface area contributed by atoms with Gasteiger partial charge in [0, 0.05) is 56.9 Å². The van der Waals surface area contributed by atoms with Crippen LogP contribution < -0.4 is 29.6 Å². The van der Waals surface area contributed by atoms with Gasteiger partial charge in [-0.1, -0.05) is 13.0 Å². The number of likely N-dealkylation sites (N-methyl/N-ethyl adjacent to an activating group) is 1. The Kier molecular flexibility index (Phi) is 12.1. The van der Waals surface area contributed by atoms with Crippen LogP contribution in [0.1, 0.15) is 45.2 Å². The minimum Gasteiger partial charge on any atom is -0.497 e. The van der Waals surface area contributed by atoms with E-state index in [9.17, 15) is 9.59 Å². The van der Waals surface area contributed by atoms with Crippen LogP contribution in [0.25, 0.3) is 0 Å². The van der Waals surface area contributed by atoms with Crippen LogP contribution in [0.15, 0.2) is 42.1 Å². The molecule has 1 saturated heterocycles. The molecule has 3 amide bonds. The molecule has 2 aromatic carbocycles. The van der Waals surface area contributed by atoms with E-state index in [1.807, 2.05) is 22.8 Å². The van der Waals surface area contributed by atoms with Crippen molar-refractivity contribution in [2.45, 2.75) is 39.0 Å². The molecule has 4 rings (SSSR count). The zero-order valence-corrected chi connectivity index (χ0v) is 25.1. The van der Waals surface area contributed by atoms with E-state index >= 15 is 0 Å². The highest BCUT2D eigenvalue weighted by Gasteiger charge is 2.28. The largest absolute Gasteiger partial charge is 0.497 e. The molecule has 0 unspecified atom stereocenters. The molecule has 0 aromatic heterocycles. The van der Waals surface area contributed by atoms with Crippen LogP contribution in [-0.4, -0.2) is 83.4 Å². The van der Waals surface area contributed by atoms with Gasteiger partial charge >= 0.3 is 6.03 Å². The Morgan fingerprint density at radius 3 is 2.37 bits per heavy atom. The number of methoxy groups -OCH3 is 4. The van der Waals surface area contributed by atoms with Crippen molar-refractivity contribution in [1.82, 2.24) is 15.1 Å². The van der Waals surface area contributed by atoms with Crippen LogP contribution >= 0.6 is 0 Å². The summed E-state index contributed by atoms with van der Waals surface area (Å²) in [5, 5.41) is 5.96. The van der Waals surface area contributed by atoms with Gasteiger partial charge in [-0.2, -0.15) is 0 Å². The number of carbonyl (C=O) groups is 2. The minimum absolute atomic E-state index is 0. The number of hydrogen-bond acceptors (Lipinski definition) is 7. The molecule has 1 fully saturated rings. The Hall–Kier alpha value is -3.92. The summed E-state index contributed by atoms with van der Waals surface area (Å²) >= 11 is 0. The molecule has 0 aliphatic carbocycles. The SMILES string of the molecule is CCN1CCNCCC/C2=C/[C@H](C)c3c(cc(OC)cc3OC)CCN2C1=O.COc1ccc(NC=O)c(OC)c1.[HH]. The quantitative estimate of drug-likeness (QED) is 0.457. The average Bonchev–Trinajstić information content (AvgIpc) is 2.99. The summed E-state index contributed by atoms with van der Waals surface area (Å²) in [6, 6.07) is 9.31. The fourth-order valence-corrected chi connectivity index (χ4v) is 5.22. The Balaban J connectivity index is 0.000000371. The van der Waals surface area contributed by atoms with Gasteiger partial charge in [-0.3, -0.25) is 9.69 Å². The Labute approximate surface area is 245 Å². The lowest BCUT2D eigenvalue weighted by atomic mass is 9.89. The number of rotatable bonds is 7. The van der Waals surface area contributed by atoms with Gasteiger partial charge in [0.25, 0.3) is 0 Å². The number of anilines is 1. The van der Waals surface area contributed by atoms with Crippen LogP contribution in [0.3, 0.4) is 0 Å². The topological polar surface area (TPSA) is 102 Å². The van der Waals surface area contributed by atoms with Gasteiger partial charge < -0.3 is 34.5 Å². The highest BCUT2D eigenvalue weighted by atomic mass is 16.5. The maximum Gasteiger partial charge on any atom is 0.324 e. The van der Waals surface area contributed by atoms with Gasteiger partial charge in [-0.05, 0) is 56.5 Å². The molecule has 1 atom stereocenters. The van der Waals surface area contributed by atoms with Gasteiger partial charge in [0.1, 0.15) is 23.0 Å². The summed E-state index contributed by atoms with van der Waals surface area (Å²) in [6.45, 7) is 8.19. The lowest BCUT2D eigenvalue weighted by molar-refractivity contribution is -0.105. The van der Waals surface area contributed by atoms with Crippen LogP contribution in [0.4, 0.5) is 10.5 Å². The predicted octanol–water partition coefficient (Wildman–Crippen LogP) is 4.89. The zero-order valence-electron chi connectivity index (χ0n) is 25.1. The number of nitrogens with one attached hydrogen (secondary N) is 2. The Morgan fingerprint density at radius 2 is 1.71 bits per heavy atom. The molecule has 2 aliphatic rings. The van der Waals surface area contributed by atoms with E-state index in [1.165, 1.54) is 18.2 Å². The first-order valence-electron chi connectivity index (χ1n) is 14.0. The molecule has 2 N–H and O–H groups in total. The fourth-order valence-electron chi connectivity index (χ4n) is 5.22. The second-order valence-corrected chi connectivity index (χ2v) is 9.79. The van der Waals surface area contributed by atoms with Crippen LogP contribution in [0.2, 0.25) is 0 Å². The molecule has 226 valence electrons. The van der Waals surface area contributed by atoms with Crippen molar-refractivity contribution in [2.75, 3.05) is 66.5 Å². The smallest absolute Gasteiger partial charge is 0.324 e. The average molecular weight is 571 g/mol. The van der Waals surface area contributed by atoms with Gasteiger partial charge in [0.05, 0.1) is 34.1 Å². The number of allylic oxidation sites excluding steroid dienone is 2. The molecule has 41 heavy (non-hydrogen) atoms. The summed E-state index contributed by atoms with van der Waals surface area (Å²) < 4.78 is 21.2. The maximum atomic E-state index is 13.3. The zero-order chi connectivity index (χ0) is 29.8. The summed E-state index contributed by atoms with van der Waals surface area (Å²) in [4.78, 5) is 27.4. The number of benzene rings is 2. The molecule has 0 saturated carbocycles. The molecule has 2 aromatic rings. The van der Waals surface area contributed by atoms with Gasteiger partial charge in [-0.15, -0.1) is 0 Å². The van der Waals surface area contributed by atoms with Crippen molar-refractivity contribution < 1.29 is 30.0 Å². The Bertz CT molecular complexity index is 1210. The fraction of sp³-hybridized carbons (Fsp3) is 0.484. The minimum atomic E-state index is 0. The lowest BCUT2D eigenvalue weighted by Gasteiger charge is -2.35. The molecular weight excluding hydrogens is 524 g/mol. The number of fused-ring (bicyclic) bond motifs is 2. The molecule has 0 radical (unpaired) electrons. The standard InChI is InChI=1S/C22H33N3O3.C9H11NO3.H2/c1-5-24-12-10-23-9-6-7-18-13-16(2)21-17(8-11-25(18)22(24)26)14-19(27-3)15-20(21)28-4;1-12-7-3-4-8(10-6-11)9(5-7)13-2;/h13-16,23H,5-12H2,1-4H3;3-6H,1-2H3,(H,10,11);1H/b18-13-;;/t16-;;/m0../s1. The van der Waals surface area contributed by atoms with Crippen molar-refractivity contribution in [3.05, 3.63) is 53.2 Å². The molecule has 2 aliphatic heterocycles. The van der Waals surface area contributed by atoms with E-state index in [0.29, 0.717) is 30.1 Å². The van der Waals surface area contributed by atoms with Crippen molar-refractivity contribution in [1.29, 1.82) is 0 Å². The molecule has 2 heterocycles. The van der Waals surface area contributed by atoms with E-state index in [2.05, 4.69) is 29.7 Å². The normalized spacial score (nSPS) is 18.5. The Morgan fingerprint density at radius 1 is 0.976 bits per heavy atom. The van der Waals surface area contributed by atoms with Crippen molar-refractivity contribution >= 4 is 18.1 Å². The third-order valence-corrected chi connectivity index (χ3v) is 7.36. The number of carbonyl (C=O) groups excluding carboxylic acids is 2.